The molecular weight excluding hydrogens is 281 g/mol. The number of aliphatic hydroxyl groups excluding tert-OH is 1. The number of benzene rings is 2. The molecule has 0 spiro atoms. The second-order valence-electron chi connectivity index (χ2n) is 5.64. The van der Waals surface area contributed by atoms with Gasteiger partial charge in [0.2, 0.25) is 5.91 Å². The van der Waals surface area contributed by atoms with E-state index < -0.39 is 6.10 Å². The molecule has 0 unspecified atom stereocenters. The van der Waals surface area contributed by atoms with E-state index in [1.54, 1.807) is 23.1 Å². The van der Waals surface area contributed by atoms with Gasteiger partial charge in [0.25, 0.3) is 0 Å². The molecule has 0 radical (unpaired) electrons. The lowest BCUT2D eigenvalue weighted by Crippen LogP contribution is -2.53. The molecule has 3 rings (SSSR count). The summed E-state index contributed by atoms with van der Waals surface area (Å²) in [6, 6.07) is 16.1. The summed E-state index contributed by atoms with van der Waals surface area (Å²) in [7, 11) is 0. The lowest BCUT2D eigenvalue weighted by atomic mass is 9.87. The van der Waals surface area contributed by atoms with Crippen LogP contribution in [0.15, 0.2) is 54.6 Å². The summed E-state index contributed by atoms with van der Waals surface area (Å²) >= 11 is 0. The molecule has 1 amide bonds. The largest absolute Gasteiger partial charge is 0.389 e. The predicted molar refractivity (Wildman–Crippen MR) is 81.9 cm³/mol. The monoisotopic (exact) mass is 299 g/mol. The number of carbonyl (C=O) groups excluding carboxylic acids is 1. The first-order valence-corrected chi connectivity index (χ1v) is 7.40. The maximum atomic E-state index is 14.2. The molecule has 1 heterocycles. The number of rotatable bonds is 4. The molecule has 1 saturated heterocycles. The lowest BCUT2D eigenvalue weighted by molar-refractivity contribution is -0.141. The predicted octanol–water partition coefficient (Wildman–Crippen LogP) is 2.55. The molecule has 1 fully saturated rings. The summed E-state index contributed by atoms with van der Waals surface area (Å²) in [5.74, 6) is -0.664. The molecule has 2 aromatic carbocycles. The van der Waals surface area contributed by atoms with E-state index in [2.05, 4.69) is 0 Å². The van der Waals surface area contributed by atoms with Crippen LogP contribution in [0.25, 0.3) is 0 Å². The molecule has 22 heavy (non-hydrogen) atoms. The Kier molecular flexibility index (Phi) is 4.20. The molecule has 1 aliphatic heterocycles. The summed E-state index contributed by atoms with van der Waals surface area (Å²) in [5, 5.41) is 9.33. The van der Waals surface area contributed by atoms with Crippen LogP contribution in [0, 0.1) is 5.82 Å². The third-order valence-corrected chi connectivity index (χ3v) is 4.08. The molecule has 1 N–H and O–H groups in total. The van der Waals surface area contributed by atoms with Crippen LogP contribution in [-0.4, -0.2) is 35.1 Å². The second kappa shape index (κ2) is 6.28. The standard InChI is InChI=1S/C18H18FNO2/c19-17-9-5-4-8-15(17)16(13-6-2-1-3-7-13)10-18(22)20-11-14(21)12-20/h1-9,14,16,21H,10-12H2/t16-/m0/s1. The smallest absolute Gasteiger partial charge is 0.223 e. The van der Waals surface area contributed by atoms with Crippen LogP contribution in [0.5, 0.6) is 0 Å². The maximum Gasteiger partial charge on any atom is 0.223 e. The van der Waals surface area contributed by atoms with Crippen molar-refractivity contribution in [2.24, 2.45) is 0 Å². The average Bonchev–Trinajstić information content (AvgIpc) is 2.51. The van der Waals surface area contributed by atoms with Crippen molar-refractivity contribution in [2.75, 3.05) is 13.1 Å². The van der Waals surface area contributed by atoms with Gasteiger partial charge in [0.15, 0.2) is 0 Å². The molecule has 114 valence electrons. The molecule has 3 nitrogen and oxygen atoms in total. The Morgan fingerprint density at radius 3 is 2.41 bits per heavy atom. The van der Waals surface area contributed by atoms with E-state index in [0.717, 1.165) is 5.56 Å². The third-order valence-electron chi connectivity index (χ3n) is 4.08. The lowest BCUT2D eigenvalue weighted by Gasteiger charge is -2.36. The Labute approximate surface area is 129 Å². The highest BCUT2D eigenvalue weighted by atomic mass is 19.1. The Bertz CT molecular complexity index is 653. The van der Waals surface area contributed by atoms with E-state index in [9.17, 15) is 14.3 Å². The maximum absolute atomic E-state index is 14.2. The van der Waals surface area contributed by atoms with Gasteiger partial charge in [-0.15, -0.1) is 0 Å². The van der Waals surface area contributed by atoms with E-state index in [4.69, 9.17) is 0 Å². The van der Waals surface area contributed by atoms with E-state index in [-0.39, 0.29) is 24.1 Å². The third kappa shape index (κ3) is 3.02. The van der Waals surface area contributed by atoms with Crippen molar-refractivity contribution in [3.63, 3.8) is 0 Å². The van der Waals surface area contributed by atoms with E-state index >= 15 is 0 Å². The number of amides is 1. The van der Waals surface area contributed by atoms with Gasteiger partial charge in [0.1, 0.15) is 5.82 Å². The van der Waals surface area contributed by atoms with Crippen LogP contribution >= 0.6 is 0 Å². The van der Waals surface area contributed by atoms with Gasteiger partial charge >= 0.3 is 0 Å². The Morgan fingerprint density at radius 2 is 1.77 bits per heavy atom. The molecule has 0 aliphatic carbocycles. The van der Waals surface area contributed by atoms with Crippen LogP contribution in [0.2, 0.25) is 0 Å². The van der Waals surface area contributed by atoms with Crippen LogP contribution < -0.4 is 0 Å². The van der Waals surface area contributed by atoms with E-state index in [1.165, 1.54) is 6.07 Å². The zero-order valence-corrected chi connectivity index (χ0v) is 12.2. The number of aliphatic hydroxyl groups is 1. The zero-order chi connectivity index (χ0) is 15.5. The zero-order valence-electron chi connectivity index (χ0n) is 12.2. The molecule has 2 aromatic rings. The highest BCUT2D eigenvalue weighted by Gasteiger charge is 2.31. The molecule has 1 atom stereocenters. The summed E-state index contributed by atoms with van der Waals surface area (Å²) in [5.41, 5.74) is 1.45. The highest BCUT2D eigenvalue weighted by Crippen LogP contribution is 2.31. The minimum absolute atomic E-state index is 0.0533. The highest BCUT2D eigenvalue weighted by molar-refractivity contribution is 5.78. The first-order valence-electron chi connectivity index (χ1n) is 7.40. The van der Waals surface area contributed by atoms with Crippen molar-refractivity contribution in [2.45, 2.75) is 18.4 Å². The van der Waals surface area contributed by atoms with Crippen molar-refractivity contribution in [1.29, 1.82) is 0 Å². The van der Waals surface area contributed by atoms with Crippen molar-refractivity contribution in [3.05, 3.63) is 71.5 Å². The summed E-state index contributed by atoms with van der Waals surface area (Å²) in [6.45, 7) is 0.745. The quantitative estimate of drug-likeness (QED) is 0.942. The Hall–Kier alpha value is -2.20. The summed E-state index contributed by atoms with van der Waals surface area (Å²) in [6.07, 6.45) is -0.218. The average molecular weight is 299 g/mol. The second-order valence-corrected chi connectivity index (χ2v) is 5.64. The van der Waals surface area contributed by atoms with Crippen molar-refractivity contribution in [1.82, 2.24) is 4.90 Å². The molecular formula is C18H18FNO2. The molecule has 4 heteroatoms. The van der Waals surface area contributed by atoms with Gasteiger partial charge in [-0.05, 0) is 17.2 Å². The van der Waals surface area contributed by atoms with Crippen molar-refractivity contribution >= 4 is 5.91 Å². The number of carbonyl (C=O) groups is 1. The van der Waals surface area contributed by atoms with E-state index in [0.29, 0.717) is 18.7 Å². The number of likely N-dealkylation sites (tertiary alicyclic amines) is 1. The van der Waals surface area contributed by atoms with Crippen molar-refractivity contribution in [3.8, 4) is 0 Å². The Balaban J connectivity index is 1.87. The van der Waals surface area contributed by atoms with Gasteiger partial charge in [0.05, 0.1) is 6.10 Å². The first-order chi connectivity index (χ1) is 10.6. The Morgan fingerprint density at radius 1 is 1.14 bits per heavy atom. The van der Waals surface area contributed by atoms with Gasteiger partial charge in [0, 0.05) is 25.4 Å². The van der Waals surface area contributed by atoms with Gasteiger partial charge in [-0.1, -0.05) is 48.5 Å². The van der Waals surface area contributed by atoms with Crippen LogP contribution in [0.3, 0.4) is 0 Å². The van der Waals surface area contributed by atoms with Crippen LogP contribution in [-0.2, 0) is 4.79 Å². The molecule has 0 aromatic heterocycles. The molecule has 1 aliphatic rings. The van der Waals surface area contributed by atoms with Crippen LogP contribution in [0.1, 0.15) is 23.5 Å². The van der Waals surface area contributed by atoms with E-state index in [1.807, 2.05) is 30.3 Å². The van der Waals surface area contributed by atoms with Gasteiger partial charge in [-0.25, -0.2) is 4.39 Å². The fourth-order valence-corrected chi connectivity index (χ4v) is 2.81. The van der Waals surface area contributed by atoms with Gasteiger partial charge < -0.3 is 10.0 Å². The normalized spacial score (nSPS) is 16.2. The minimum Gasteiger partial charge on any atom is -0.389 e. The molecule has 0 saturated carbocycles. The van der Waals surface area contributed by atoms with Gasteiger partial charge in [-0.2, -0.15) is 0 Å². The van der Waals surface area contributed by atoms with Gasteiger partial charge in [-0.3, -0.25) is 4.79 Å². The SMILES string of the molecule is O=C(C[C@@H](c1ccccc1)c1ccccc1F)N1CC(O)C1. The first kappa shape index (κ1) is 14.7. The molecule has 0 bridgehead atoms. The number of hydrogen-bond acceptors (Lipinski definition) is 2. The fraction of sp³-hybridized carbons (Fsp3) is 0.278. The van der Waals surface area contributed by atoms with Crippen LogP contribution in [0.4, 0.5) is 4.39 Å². The fourth-order valence-electron chi connectivity index (χ4n) is 2.81. The number of β-amino-alcohol motifs (C(OH)–C–C–N with tert-alkyl or cyclic N) is 1. The topological polar surface area (TPSA) is 40.5 Å². The number of hydrogen-bond donors (Lipinski definition) is 1. The number of nitrogens with zero attached hydrogens (tertiary/aromatic N) is 1. The minimum atomic E-state index is -0.424. The summed E-state index contributed by atoms with van der Waals surface area (Å²) < 4.78 is 14.2. The summed E-state index contributed by atoms with van der Waals surface area (Å²) in [4.78, 5) is 13.9. The van der Waals surface area contributed by atoms with Crippen molar-refractivity contribution < 1.29 is 14.3 Å². The number of halogens is 1.